The molecular formula is C23H16FN5OS. The molecular weight excluding hydrogens is 413 g/mol. The molecule has 0 aliphatic carbocycles. The fourth-order valence-corrected chi connectivity index (χ4v) is 3.76. The van der Waals surface area contributed by atoms with Crippen molar-refractivity contribution in [3.63, 3.8) is 0 Å². The highest BCUT2D eigenvalue weighted by molar-refractivity contribution is 7.13. The molecule has 3 aromatic heterocycles. The van der Waals surface area contributed by atoms with E-state index in [2.05, 4.69) is 25.3 Å². The summed E-state index contributed by atoms with van der Waals surface area (Å²) in [5.41, 5.74) is 3.12. The summed E-state index contributed by atoms with van der Waals surface area (Å²) in [6, 6.07) is 13.8. The van der Waals surface area contributed by atoms with E-state index in [1.54, 1.807) is 36.9 Å². The average molecular weight is 429 g/mol. The summed E-state index contributed by atoms with van der Waals surface area (Å²) in [6.07, 6.45) is 6.99. The second-order valence-corrected chi connectivity index (χ2v) is 7.62. The van der Waals surface area contributed by atoms with Crippen molar-refractivity contribution in [3.8, 4) is 16.3 Å². The molecule has 2 aromatic carbocycles. The largest absolute Gasteiger partial charge is 0.488 e. The van der Waals surface area contributed by atoms with Crippen LogP contribution in [0.15, 0.2) is 78.7 Å². The van der Waals surface area contributed by atoms with E-state index in [9.17, 15) is 4.39 Å². The van der Waals surface area contributed by atoms with E-state index >= 15 is 0 Å². The van der Waals surface area contributed by atoms with Crippen molar-refractivity contribution in [2.75, 3.05) is 5.32 Å². The maximum atomic E-state index is 13.5. The Balaban J connectivity index is 1.51. The van der Waals surface area contributed by atoms with Crippen molar-refractivity contribution in [2.45, 2.75) is 6.61 Å². The molecule has 8 heteroatoms. The predicted molar refractivity (Wildman–Crippen MR) is 119 cm³/mol. The van der Waals surface area contributed by atoms with Crippen molar-refractivity contribution in [2.24, 2.45) is 0 Å². The molecule has 0 aliphatic heterocycles. The topological polar surface area (TPSA) is 72.8 Å². The number of hydrogen-bond donors (Lipinski definition) is 1. The second kappa shape index (κ2) is 8.45. The van der Waals surface area contributed by atoms with E-state index in [-0.39, 0.29) is 5.82 Å². The van der Waals surface area contributed by atoms with Crippen molar-refractivity contribution in [3.05, 3.63) is 90.1 Å². The van der Waals surface area contributed by atoms with E-state index in [4.69, 9.17) is 4.74 Å². The standard InChI is InChI=1S/C23H16FN5OS/c24-17-4-1-5-18(10-17)28-23-27-13-16-9-19(22-26-7-8-31-22)21(11-20(16)29-23)30-14-15-3-2-6-25-12-15/h1-13H,14H2,(H,27,28,29). The van der Waals surface area contributed by atoms with Gasteiger partial charge in [-0.2, -0.15) is 0 Å². The molecule has 5 rings (SSSR count). The van der Waals surface area contributed by atoms with Gasteiger partial charge >= 0.3 is 0 Å². The van der Waals surface area contributed by atoms with Gasteiger partial charge < -0.3 is 10.1 Å². The van der Waals surface area contributed by atoms with E-state index in [1.165, 1.54) is 23.5 Å². The summed E-state index contributed by atoms with van der Waals surface area (Å²) < 4.78 is 19.6. The number of fused-ring (bicyclic) bond motifs is 1. The Bertz CT molecular complexity index is 1330. The van der Waals surface area contributed by atoms with Crippen LogP contribution in [0.3, 0.4) is 0 Å². The lowest BCUT2D eigenvalue weighted by molar-refractivity contribution is 0.307. The van der Waals surface area contributed by atoms with Crippen LogP contribution in [0.2, 0.25) is 0 Å². The highest BCUT2D eigenvalue weighted by atomic mass is 32.1. The maximum absolute atomic E-state index is 13.5. The highest BCUT2D eigenvalue weighted by Gasteiger charge is 2.13. The van der Waals surface area contributed by atoms with E-state index in [0.717, 1.165) is 21.5 Å². The lowest BCUT2D eigenvalue weighted by Gasteiger charge is -2.12. The van der Waals surface area contributed by atoms with Crippen LogP contribution in [0.5, 0.6) is 5.75 Å². The summed E-state index contributed by atoms with van der Waals surface area (Å²) in [6.45, 7) is 0.372. The zero-order valence-electron chi connectivity index (χ0n) is 16.2. The van der Waals surface area contributed by atoms with Crippen molar-refractivity contribution in [1.82, 2.24) is 19.9 Å². The van der Waals surface area contributed by atoms with Gasteiger partial charge in [-0.1, -0.05) is 12.1 Å². The molecule has 6 nitrogen and oxygen atoms in total. The molecule has 0 saturated heterocycles. The first-order valence-corrected chi connectivity index (χ1v) is 10.4. The molecule has 0 amide bonds. The van der Waals surface area contributed by atoms with Gasteiger partial charge in [0, 0.05) is 52.9 Å². The van der Waals surface area contributed by atoms with Gasteiger partial charge in [-0.25, -0.2) is 19.3 Å². The van der Waals surface area contributed by atoms with Crippen molar-refractivity contribution in [1.29, 1.82) is 0 Å². The normalized spacial score (nSPS) is 10.9. The third-order valence-corrected chi connectivity index (χ3v) is 5.35. The number of benzene rings is 2. The van der Waals surface area contributed by atoms with Crippen LogP contribution in [0, 0.1) is 5.82 Å². The molecule has 0 unspecified atom stereocenters. The van der Waals surface area contributed by atoms with Gasteiger partial charge in [0.05, 0.1) is 11.1 Å². The van der Waals surface area contributed by atoms with Crippen LogP contribution >= 0.6 is 11.3 Å². The first-order valence-electron chi connectivity index (χ1n) is 9.49. The van der Waals surface area contributed by atoms with Crippen LogP contribution in [-0.2, 0) is 6.61 Å². The summed E-state index contributed by atoms with van der Waals surface area (Å²) >= 11 is 1.53. The highest BCUT2D eigenvalue weighted by Crippen LogP contribution is 2.35. The Labute approximate surface area is 181 Å². The van der Waals surface area contributed by atoms with Gasteiger partial charge in [-0.05, 0) is 30.3 Å². The molecule has 5 aromatic rings. The van der Waals surface area contributed by atoms with Crippen molar-refractivity contribution >= 4 is 33.9 Å². The Morgan fingerprint density at radius 1 is 1.00 bits per heavy atom. The van der Waals surface area contributed by atoms with Gasteiger partial charge in [0.15, 0.2) is 0 Å². The Morgan fingerprint density at radius 2 is 1.97 bits per heavy atom. The maximum Gasteiger partial charge on any atom is 0.227 e. The Kier molecular flexibility index (Phi) is 5.20. The Hall–Kier alpha value is -3.91. The molecule has 1 N–H and O–H groups in total. The van der Waals surface area contributed by atoms with E-state index in [1.807, 2.05) is 29.6 Å². The number of thiazole rings is 1. The molecule has 0 aliphatic rings. The molecule has 3 heterocycles. The van der Waals surface area contributed by atoms with Gasteiger partial charge in [-0.3, -0.25) is 4.98 Å². The van der Waals surface area contributed by atoms with E-state index < -0.39 is 0 Å². The number of pyridine rings is 1. The number of hydrogen-bond acceptors (Lipinski definition) is 7. The van der Waals surface area contributed by atoms with Gasteiger partial charge in [0.1, 0.15) is 23.2 Å². The van der Waals surface area contributed by atoms with Gasteiger partial charge in [0.2, 0.25) is 5.95 Å². The number of nitrogens with zero attached hydrogens (tertiary/aromatic N) is 4. The molecule has 0 spiro atoms. The van der Waals surface area contributed by atoms with Gasteiger partial charge in [-0.15, -0.1) is 11.3 Å². The third kappa shape index (κ3) is 4.34. The molecule has 0 atom stereocenters. The van der Waals surface area contributed by atoms with Crippen LogP contribution in [0.1, 0.15) is 5.56 Å². The van der Waals surface area contributed by atoms with Crippen molar-refractivity contribution < 1.29 is 9.13 Å². The SMILES string of the molecule is Fc1cccc(Nc2ncc3cc(-c4nccs4)c(OCc4cccnc4)cc3n2)c1. The lowest BCUT2D eigenvalue weighted by atomic mass is 10.1. The molecule has 0 radical (unpaired) electrons. The second-order valence-electron chi connectivity index (χ2n) is 6.72. The number of ether oxygens (including phenoxy) is 1. The average Bonchev–Trinajstić information content (AvgIpc) is 3.32. The summed E-state index contributed by atoms with van der Waals surface area (Å²) in [7, 11) is 0. The minimum absolute atomic E-state index is 0.329. The fourth-order valence-electron chi connectivity index (χ4n) is 3.10. The first kappa shape index (κ1) is 19.1. The smallest absolute Gasteiger partial charge is 0.227 e. The Morgan fingerprint density at radius 3 is 2.77 bits per heavy atom. The van der Waals surface area contributed by atoms with Crippen LogP contribution in [-0.4, -0.2) is 19.9 Å². The number of nitrogens with one attached hydrogen (secondary N) is 1. The summed E-state index contributed by atoms with van der Waals surface area (Å²) in [4.78, 5) is 17.5. The summed E-state index contributed by atoms with van der Waals surface area (Å²) in [5.74, 6) is 0.713. The van der Waals surface area contributed by atoms with Crippen LogP contribution in [0.4, 0.5) is 16.0 Å². The predicted octanol–water partition coefficient (Wildman–Crippen LogP) is 5.61. The number of aromatic nitrogens is 4. The zero-order valence-corrected chi connectivity index (χ0v) is 17.0. The molecule has 152 valence electrons. The fraction of sp³-hybridized carbons (Fsp3) is 0.0435. The number of halogens is 1. The van der Waals surface area contributed by atoms with Crippen LogP contribution < -0.4 is 10.1 Å². The van der Waals surface area contributed by atoms with Gasteiger partial charge in [0.25, 0.3) is 0 Å². The first-order chi connectivity index (χ1) is 15.2. The van der Waals surface area contributed by atoms with E-state index in [0.29, 0.717) is 29.5 Å². The third-order valence-electron chi connectivity index (χ3n) is 4.54. The number of rotatable bonds is 6. The zero-order chi connectivity index (χ0) is 21.0. The minimum atomic E-state index is -0.329. The molecule has 0 saturated carbocycles. The lowest BCUT2D eigenvalue weighted by Crippen LogP contribution is -2.00. The molecule has 0 fully saturated rings. The monoisotopic (exact) mass is 429 g/mol. The quantitative estimate of drug-likeness (QED) is 0.378. The molecule has 31 heavy (non-hydrogen) atoms. The van der Waals surface area contributed by atoms with Crippen LogP contribution in [0.25, 0.3) is 21.5 Å². The summed E-state index contributed by atoms with van der Waals surface area (Å²) in [5, 5.41) is 6.66. The minimum Gasteiger partial charge on any atom is -0.488 e. The molecule has 0 bridgehead atoms. The number of anilines is 2.